The van der Waals surface area contributed by atoms with Crippen LogP contribution in [0, 0.1) is 0 Å². The Labute approximate surface area is 234 Å². The van der Waals surface area contributed by atoms with E-state index in [0.717, 1.165) is 5.56 Å². The van der Waals surface area contributed by atoms with E-state index in [2.05, 4.69) is 4.74 Å². The second-order valence-electron chi connectivity index (χ2n) is 10.2. The summed E-state index contributed by atoms with van der Waals surface area (Å²) in [7, 11) is 0. The third-order valence-electron chi connectivity index (χ3n) is 7.28. The topological polar surface area (TPSA) is 212 Å². The first-order valence-corrected chi connectivity index (χ1v) is 13.3. The molecule has 0 saturated carbocycles. The highest BCUT2D eigenvalue weighted by Crippen LogP contribution is 2.40. The molecular formula is C26H37F2N3O10. The van der Waals surface area contributed by atoms with Crippen molar-refractivity contribution in [1.82, 2.24) is 10.2 Å². The van der Waals surface area contributed by atoms with E-state index in [1.807, 2.05) is 35.6 Å². The smallest absolute Gasteiger partial charge is 0.379 e. The van der Waals surface area contributed by atoms with Crippen LogP contribution in [0.25, 0.3) is 0 Å². The number of nitrogens with one attached hydrogen (secondary N) is 1. The van der Waals surface area contributed by atoms with Gasteiger partial charge < -0.3 is 51.0 Å². The quantitative estimate of drug-likeness (QED) is 0.106. The lowest BCUT2D eigenvalue weighted by Crippen LogP contribution is -2.73. The molecule has 13 nitrogen and oxygen atoms in total. The van der Waals surface area contributed by atoms with E-state index in [1.165, 1.54) is 4.90 Å². The zero-order chi connectivity index (χ0) is 30.4. The van der Waals surface area contributed by atoms with Crippen molar-refractivity contribution in [2.24, 2.45) is 5.73 Å². The molecule has 0 spiro atoms. The van der Waals surface area contributed by atoms with E-state index in [0.29, 0.717) is 19.4 Å². The van der Waals surface area contributed by atoms with Crippen molar-refractivity contribution in [2.75, 3.05) is 19.7 Å². The molecule has 15 heteroatoms. The van der Waals surface area contributed by atoms with E-state index >= 15 is 0 Å². The van der Waals surface area contributed by atoms with Gasteiger partial charge in [-0.25, -0.2) is 4.79 Å². The molecule has 7 atom stereocenters. The first-order chi connectivity index (χ1) is 19.3. The Morgan fingerprint density at radius 2 is 1.85 bits per heavy atom. The summed E-state index contributed by atoms with van der Waals surface area (Å²) in [4.78, 5) is 39.0. The van der Waals surface area contributed by atoms with E-state index in [1.54, 1.807) is 0 Å². The molecule has 41 heavy (non-hydrogen) atoms. The van der Waals surface area contributed by atoms with Gasteiger partial charge in [0.25, 0.3) is 11.7 Å². The van der Waals surface area contributed by atoms with Crippen LogP contribution >= 0.6 is 0 Å². The summed E-state index contributed by atoms with van der Waals surface area (Å²) in [5.41, 5.74) is 6.83. The standard InChI is InChI=1S/C26H37F2N3O10/c27-25(28,26(39)21(35)20(34)19(33)18(13-32)41-26)24(38)30-11-5-4-9-16(29)22(36)31-12-6-10-17(31)23(37)40-14-15-7-2-1-3-8-15/h1-3,7-8,16-21,32-35,39H,4-6,9-14,29H2,(H,30,38)/t16-,17+,18+,19-,20-,21+,26+/m0/s1. The van der Waals surface area contributed by atoms with Gasteiger partial charge in [-0.2, -0.15) is 8.78 Å². The number of unbranched alkanes of at least 4 members (excludes halogenated alkanes) is 1. The number of likely N-dealkylation sites (tertiary alicyclic amines) is 1. The summed E-state index contributed by atoms with van der Waals surface area (Å²) in [6.45, 7) is -1.00. The third kappa shape index (κ3) is 7.17. The summed E-state index contributed by atoms with van der Waals surface area (Å²) < 4.78 is 39.5. The number of nitrogens with zero attached hydrogens (tertiary/aromatic N) is 1. The maximum Gasteiger partial charge on any atom is 0.379 e. The van der Waals surface area contributed by atoms with Gasteiger partial charge >= 0.3 is 11.9 Å². The molecule has 2 heterocycles. The van der Waals surface area contributed by atoms with Gasteiger partial charge in [0.15, 0.2) is 0 Å². The summed E-state index contributed by atoms with van der Waals surface area (Å²) >= 11 is 0. The summed E-state index contributed by atoms with van der Waals surface area (Å²) in [6, 6.07) is 7.34. The molecule has 3 rings (SSSR count). The lowest BCUT2D eigenvalue weighted by molar-refractivity contribution is -0.401. The number of alkyl halides is 2. The molecule has 230 valence electrons. The molecule has 2 saturated heterocycles. The molecule has 1 aromatic carbocycles. The largest absolute Gasteiger partial charge is 0.459 e. The van der Waals surface area contributed by atoms with Crippen molar-refractivity contribution in [3.63, 3.8) is 0 Å². The number of rotatable bonds is 12. The minimum absolute atomic E-state index is 0.0715. The number of amides is 2. The van der Waals surface area contributed by atoms with Gasteiger partial charge in [0.1, 0.15) is 37.1 Å². The maximum atomic E-state index is 14.8. The van der Waals surface area contributed by atoms with Crippen LogP contribution in [0.4, 0.5) is 8.78 Å². The number of aliphatic hydroxyl groups excluding tert-OH is 4. The Balaban J connectivity index is 1.44. The van der Waals surface area contributed by atoms with E-state index < -0.39 is 72.6 Å². The average Bonchev–Trinajstić information content (AvgIpc) is 3.46. The van der Waals surface area contributed by atoms with E-state index in [9.17, 15) is 43.6 Å². The fourth-order valence-corrected chi connectivity index (χ4v) is 4.82. The van der Waals surface area contributed by atoms with E-state index in [-0.39, 0.29) is 32.4 Å². The fraction of sp³-hybridized carbons (Fsp3) is 0.654. The number of aliphatic hydroxyl groups is 5. The van der Waals surface area contributed by atoms with Crippen molar-refractivity contribution in [1.29, 1.82) is 0 Å². The second-order valence-corrected chi connectivity index (χ2v) is 10.2. The monoisotopic (exact) mass is 589 g/mol. The molecule has 0 radical (unpaired) electrons. The molecular weight excluding hydrogens is 552 g/mol. The number of hydrogen-bond acceptors (Lipinski definition) is 11. The SMILES string of the molecule is N[C@@H](CCCCNC(=O)C(F)(F)[C@]1(O)O[C@H](CO)[C@H](O)[C@H](O)[C@H]1O)C(=O)N1CCC[C@@H]1C(=O)OCc1ccccc1. The highest BCUT2D eigenvalue weighted by atomic mass is 19.3. The molecule has 0 aliphatic carbocycles. The zero-order valence-corrected chi connectivity index (χ0v) is 22.3. The molecule has 1 aromatic rings. The molecule has 8 N–H and O–H groups in total. The number of benzene rings is 1. The average molecular weight is 590 g/mol. The number of nitrogens with two attached hydrogens (primary N) is 1. The number of carbonyl (C=O) groups excluding carboxylic acids is 3. The number of halogens is 2. The van der Waals surface area contributed by atoms with Crippen LogP contribution in [-0.4, -0.2) is 116 Å². The van der Waals surface area contributed by atoms with Gasteiger partial charge in [-0.3, -0.25) is 9.59 Å². The maximum absolute atomic E-state index is 14.8. The van der Waals surface area contributed by atoms with Crippen LogP contribution in [-0.2, 0) is 30.5 Å². The van der Waals surface area contributed by atoms with Crippen LogP contribution in [0.5, 0.6) is 0 Å². The van der Waals surface area contributed by atoms with Crippen molar-refractivity contribution >= 4 is 17.8 Å². The Hall–Kier alpha value is -2.79. The highest BCUT2D eigenvalue weighted by Gasteiger charge is 2.69. The highest BCUT2D eigenvalue weighted by molar-refractivity contribution is 5.88. The Morgan fingerprint density at radius 3 is 2.51 bits per heavy atom. The van der Waals surface area contributed by atoms with Crippen LogP contribution in [0.3, 0.4) is 0 Å². The van der Waals surface area contributed by atoms with Gasteiger partial charge in [-0.1, -0.05) is 30.3 Å². The van der Waals surface area contributed by atoms with Crippen molar-refractivity contribution in [2.45, 2.75) is 86.9 Å². The molecule has 0 aromatic heterocycles. The van der Waals surface area contributed by atoms with Crippen LogP contribution < -0.4 is 11.1 Å². The predicted molar refractivity (Wildman–Crippen MR) is 136 cm³/mol. The zero-order valence-electron chi connectivity index (χ0n) is 22.3. The minimum Gasteiger partial charge on any atom is -0.459 e. The first-order valence-electron chi connectivity index (χ1n) is 13.3. The fourth-order valence-electron chi connectivity index (χ4n) is 4.82. The van der Waals surface area contributed by atoms with Gasteiger partial charge in [0.2, 0.25) is 5.91 Å². The van der Waals surface area contributed by atoms with Crippen molar-refractivity contribution in [3.05, 3.63) is 35.9 Å². The molecule has 2 fully saturated rings. The van der Waals surface area contributed by atoms with Crippen LogP contribution in [0.1, 0.15) is 37.7 Å². The van der Waals surface area contributed by atoms with Gasteiger partial charge in [-0.05, 0) is 37.7 Å². The molecule has 0 unspecified atom stereocenters. The van der Waals surface area contributed by atoms with Crippen LogP contribution in [0.15, 0.2) is 30.3 Å². The van der Waals surface area contributed by atoms with E-state index in [4.69, 9.17) is 15.6 Å². The number of carbonyl (C=O) groups is 3. The van der Waals surface area contributed by atoms with Crippen molar-refractivity contribution in [3.8, 4) is 0 Å². The molecule has 2 amide bonds. The lowest BCUT2D eigenvalue weighted by atomic mass is 9.88. The number of hydrogen-bond donors (Lipinski definition) is 7. The third-order valence-corrected chi connectivity index (χ3v) is 7.28. The minimum atomic E-state index is -4.78. The Morgan fingerprint density at radius 1 is 1.17 bits per heavy atom. The molecule has 2 aliphatic rings. The summed E-state index contributed by atoms with van der Waals surface area (Å²) in [5, 5.41) is 50.7. The Kier molecular flexibility index (Phi) is 11.1. The van der Waals surface area contributed by atoms with Gasteiger partial charge in [0.05, 0.1) is 12.6 Å². The summed E-state index contributed by atoms with van der Waals surface area (Å²) in [6.07, 6.45) is -7.48. The van der Waals surface area contributed by atoms with Crippen molar-refractivity contribution < 1.29 is 58.2 Å². The lowest BCUT2D eigenvalue weighted by Gasteiger charge is -2.47. The molecule has 0 bridgehead atoms. The van der Waals surface area contributed by atoms with Gasteiger partial charge in [0, 0.05) is 13.1 Å². The van der Waals surface area contributed by atoms with Gasteiger partial charge in [-0.15, -0.1) is 0 Å². The number of ether oxygens (including phenoxy) is 2. The second kappa shape index (κ2) is 13.9. The normalized spacial score (nSPS) is 29.2. The predicted octanol–water partition coefficient (Wildman–Crippen LogP) is -1.87. The summed E-state index contributed by atoms with van der Waals surface area (Å²) in [5.74, 6) is -11.7. The number of esters is 1. The van der Waals surface area contributed by atoms with Crippen LogP contribution in [0.2, 0.25) is 0 Å². The first kappa shape index (κ1) is 32.7. The Bertz CT molecular complexity index is 1050. The molecule has 2 aliphatic heterocycles.